The minimum absolute atomic E-state index is 0.317. The molecule has 2 amide bonds. The van der Waals surface area contributed by atoms with Crippen molar-refractivity contribution in [2.75, 3.05) is 11.9 Å². The van der Waals surface area contributed by atoms with Crippen LogP contribution >= 0.6 is 11.3 Å². The molecule has 0 unspecified atom stereocenters. The van der Waals surface area contributed by atoms with Gasteiger partial charge in [0.15, 0.2) is 0 Å². The molecule has 0 saturated heterocycles. The topological polar surface area (TPSA) is 115 Å². The number of nitrogens with zero attached hydrogens (tertiary/aromatic N) is 1. The van der Waals surface area contributed by atoms with Crippen molar-refractivity contribution < 1.29 is 19.4 Å². The van der Waals surface area contributed by atoms with E-state index in [1.54, 1.807) is 18.3 Å². The van der Waals surface area contributed by atoms with E-state index in [1.165, 1.54) is 11.3 Å². The molecule has 1 heterocycles. The number of carbonyl (C=O) groups excluding carboxylic acids is 1. The van der Waals surface area contributed by atoms with E-state index in [0.29, 0.717) is 5.69 Å². The molecule has 1 fully saturated rings. The summed E-state index contributed by atoms with van der Waals surface area (Å²) in [5.41, 5.74) is 6.10. The summed E-state index contributed by atoms with van der Waals surface area (Å²) in [6.07, 6.45) is 5.36. The number of carboxylic acids is 1. The normalized spacial score (nSPS) is 15.8. The summed E-state index contributed by atoms with van der Waals surface area (Å²) in [6.45, 7) is -0.317. The van der Waals surface area contributed by atoms with E-state index in [2.05, 4.69) is 10.3 Å². The SMILES string of the molecule is NC(=O)Nc1ccc(-c2cnc(C3(OCC(=O)O)CCCC3)s2)cc1. The molecule has 1 saturated carbocycles. The van der Waals surface area contributed by atoms with Crippen LogP contribution in [0.1, 0.15) is 30.7 Å². The molecular weight excluding hydrogens is 342 g/mol. The van der Waals surface area contributed by atoms with Crippen molar-refractivity contribution in [2.24, 2.45) is 5.73 Å². The number of aromatic nitrogens is 1. The van der Waals surface area contributed by atoms with Gasteiger partial charge < -0.3 is 20.9 Å². The molecule has 4 N–H and O–H groups in total. The number of thiazole rings is 1. The van der Waals surface area contributed by atoms with Gasteiger partial charge in [0, 0.05) is 11.9 Å². The van der Waals surface area contributed by atoms with Crippen LogP contribution in [0.3, 0.4) is 0 Å². The Labute approximate surface area is 148 Å². The van der Waals surface area contributed by atoms with Crippen LogP contribution in [0.4, 0.5) is 10.5 Å². The van der Waals surface area contributed by atoms with E-state index in [0.717, 1.165) is 41.1 Å². The first-order valence-electron chi connectivity index (χ1n) is 7.97. The maximum absolute atomic E-state index is 10.9. The number of amides is 2. The predicted octanol–water partition coefficient (Wildman–Crippen LogP) is 3.17. The largest absolute Gasteiger partial charge is 0.480 e. The van der Waals surface area contributed by atoms with Crippen molar-refractivity contribution >= 4 is 29.0 Å². The number of ether oxygens (including phenoxy) is 1. The van der Waals surface area contributed by atoms with E-state index >= 15 is 0 Å². The quantitative estimate of drug-likeness (QED) is 0.731. The van der Waals surface area contributed by atoms with E-state index in [4.69, 9.17) is 15.6 Å². The van der Waals surface area contributed by atoms with Crippen molar-refractivity contribution in [3.63, 3.8) is 0 Å². The molecule has 0 spiro atoms. The number of nitrogens with one attached hydrogen (secondary N) is 1. The third-order valence-corrected chi connectivity index (χ3v) is 5.45. The van der Waals surface area contributed by atoms with E-state index < -0.39 is 17.6 Å². The second kappa shape index (κ2) is 7.20. The van der Waals surface area contributed by atoms with Crippen LogP contribution < -0.4 is 11.1 Å². The van der Waals surface area contributed by atoms with Crippen LogP contribution in [-0.4, -0.2) is 28.7 Å². The molecule has 0 bridgehead atoms. The molecule has 1 aliphatic carbocycles. The van der Waals surface area contributed by atoms with Gasteiger partial charge in [-0.15, -0.1) is 11.3 Å². The summed E-state index contributed by atoms with van der Waals surface area (Å²) in [4.78, 5) is 27.2. The molecular formula is C17H19N3O4S. The molecule has 3 rings (SSSR count). The van der Waals surface area contributed by atoms with Gasteiger partial charge in [0.1, 0.15) is 17.2 Å². The lowest BCUT2D eigenvalue weighted by Crippen LogP contribution is -2.28. The summed E-state index contributed by atoms with van der Waals surface area (Å²) in [5, 5.41) is 12.3. The van der Waals surface area contributed by atoms with Gasteiger partial charge in [-0.2, -0.15) is 0 Å². The van der Waals surface area contributed by atoms with E-state index in [1.807, 2.05) is 12.1 Å². The van der Waals surface area contributed by atoms with Gasteiger partial charge >= 0.3 is 12.0 Å². The van der Waals surface area contributed by atoms with Crippen LogP contribution in [0.5, 0.6) is 0 Å². The molecule has 0 radical (unpaired) electrons. The molecule has 132 valence electrons. The lowest BCUT2D eigenvalue weighted by Gasteiger charge is -2.26. The number of urea groups is 1. The summed E-state index contributed by atoms with van der Waals surface area (Å²) >= 11 is 1.51. The second-order valence-electron chi connectivity index (χ2n) is 5.98. The molecule has 8 heteroatoms. The van der Waals surface area contributed by atoms with Crippen LogP contribution in [0.2, 0.25) is 0 Å². The van der Waals surface area contributed by atoms with Crippen molar-refractivity contribution in [2.45, 2.75) is 31.3 Å². The fourth-order valence-corrected chi connectivity index (χ4v) is 4.17. The van der Waals surface area contributed by atoms with Crippen molar-refractivity contribution in [1.29, 1.82) is 0 Å². The summed E-state index contributed by atoms with van der Waals surface area (Å²) in [6, 6.07) is 6.69. The highest BCUT2D eigenvalue weighted by atomic mass is 32.1. The van der Waals surface area contributed by atoms with E-state index in [9.17, 15) is 9.59 Å². The Hall–Kier alpha value is -2.45. The average molecular weight is 361 g/mol. The van der Waals surface area contributed by atoms with Gasteiger partial charge in [-0.3, -0.25) is 0 Å². The summed E-state index contributed by atoms with van der Waals surface area (Å²) in [7, 11) is 0. The number of hydrogen-bond donors (Lipinski definition) is 3. The number of aliphatic carboxylic acids is 1. The van der Waals surface area contributed by atoms with Crippen molar-refractivity contribution in [3.8, 4) is 10.4 Å². The fraction of sp³-hybridized carbons (Fsp3) is 0.353. The molecule has 0 aliphatic heterocycles. The molecule has 2 aromatic rings. The molecule has 1 aliphatic rings. The molecule has 7 nitrogen and oxygen atoms in total. The van der Waals surface area contributed by atoms with Gasteiger partial charge in [-0.05, 0) is 30.5 Å². The van der Waals surface area contributed by atoms with Crippen LogP contribution in [0.25, 0.3) is 10.4 Å². The maximum Gasteiger partial charge on any atom is 0.329 e. The molecule has 1 aromatic heterocycles. The number of primary amides is 1. The molecule has 25 heavy (non-hydrogen) atoms. The van der Waals surface area contributed by atoms with Crippen LogP contribution in [0, 0.1) is 0 Å². The van der Waals surface area contributed by atoms with Crippen molar-refractivity contribution in [3.05, 3.63) is 35.5 Å². The highest BCUT2D eigenvalue weighted by molar-refractivity contribution is 7.15. The first-order valence-corrected chi connectivity index (χ1v) is 8.79. The number of benzene rings is 1. The Bertz CT molecular complexity index is 766. The lowest BCUT2D eigenvalue weighted by molar-refractivity contribution is -0.150. The molecule has 0 atom stereocenters. The van der Waals surface area contributed by atoms with Crippen molar-refractivity contribution in [1.82, 2.24) is 4.98 Å². The number of rotatable bonds is 6. The zero-order valence-electron chi connectivity index (χ0n) is 13.5. The minimum Gasteiger partial charge on any atom is -0.480 e. The number of carboxylic acid groups (broad SMARTS) is 1. The first kappa shape index (κ1) is 17.4. The lowest BCUT2D eigenvalue weighted by atomic mass is 10.0. The fourth-order valence-electron chi connectivity index (χ4n) is 3.04. The standard InChI is InChI=1S/C17H19N3O4S/c18-16(23)20-12-5-3-11(4-6-12)13-9-19-15(25-13)17(7-1-2-8-17)24-10-14(21)22/h3-6,9H,1-2,7-8,10H2,(H,21,22)(H3,18,20,23). The number of anilines is 1. The Morgan fingerprint density at radius 1 is 1.28 bits per heavy atom. The van der Waals surface area contributed by atoms with E-state index in [-0.39, 0.29) is 6.61 Å². The van der Waals surface area contributed by atoms with Gasteiger partial charge in [0.25, 0.3) is 0 Å². The van der Waals surface area contributed by atoms with Gasteiger partial charge in [0.05, 0.1) is 4.88 Å². The third kappa shape index (κ3) is 3.97. The maximum atomic E-state index is 10.9. The van der Waals surface area contributed by atoms with Gasteiger partial charge in [0.2, 0.25) is 0 Å². The minimum atomic E-state index is -0.972. The smallest absolute Gasteiger partial charge is 0.329 e. The first-order chi connectivity index (χ1) is 12.0. The van der Waals surface area contributed by atoms with Gasteiger partial charge in [-0.25, -0.2) is 14.6 Å². The highest BCUT2D eigenvalue weighted by Crippen LogP contribution is 2.45. The second-order valence-corrected chi connectivity index (χ2v) is 7.01. The molecule has 1 aromatic carbocycles. The predicted molar refractivity (Wildman–Crippen MR) is 94.5 cm³/mol. The Morgan fingerprint density at radius 2 is 1.96 bits per heavy atom. The summed E-state index contributed by atoms with van der Waals surface area (Å²) < 4.78 is 5.74. The van der Waals surface area contributed by atoms with Crippen LogP contribution in [-0.2, 0) is 15.1 Å². The third-order valence-electron chi connectivity index (χ3n) is 4.22. The number of carbonyl (C=O) groups is 2. The monoisotopic (exact) mass is 361 g/mol. The zero-order valence-corrected chi connectivity index (χ0v) is 14.3. The van der Waals surface area contributed by atoms with Gasteiger partial charge in [-0.1, -0.05) is 25.0 Å². The number of nitrogens with two attached hydrogens (primary N) is 1. The average Bonchev–Trinajstić information content (AvgIpc) is 3.23. The summed E-state index contributed by atoms with van der Waals surface area (Å²) in [5.74, 6) is -0.972. The number of hydrogen-bond acceptors (Lipinski definition) is 5. The Kier molecular flexibility index (Phi) is 5.00. The Balaban J connectivity index is 1.80. The Morgan fingerprint density at radius 3 is 2.56 bits per heavy atom. The zero-order chi connectivity index (χ0) is 17.9. The van der Waals surface area contributed by atoms with Crippen LogP contribution in [0.15, 0.2) is 30.5 Å². The highest BCUT2D eigenvalue weighted by Gasteiger charge is 2.40.